The smallest absolute Gasteiger partial charge is 0.165 e. The van der Waals surface area contributed by atoms with Crippen molar-refractivity contribution >= 4 is 38.5 Å². The number of benzene rings is 3. The van der Waals surface area contributed by atoms with Crippen LogP contribution in [0.3, 0.4) is 0 Å². The van der Waals surface area contributed by atoms with Gasteiger partial charge in [-0.25, -0.2) is 15.0 Å². The average molecular weight is 465 g/mol. The fourth-order valence-electron chi connectivity index (χ4n) is 5.25. The van der Waals surface area contributed by atoms with Gasteiger partial charge in [0.15, 0.2) is 5.65 Å². The van der Waals surface area contributed by atoms with Crippen LogP contribution in [0.1, 0.15) is 18.9 Å². The lowest BCUT2D eigenvalue weighted by Crippen LogP contribution is -1.94. The van der Waals surface area contributed by atoms with Crippen LogP contribution in [0.15, 0.2) is 103 Å². The summed E-state index contributed by atoms with van der Waals surface area (Å²) < 4.78 is 2.07. The van der Waals surface area contributed by atoms with E-state index in [2.05, 4.69) is 90.2 Å². The third-order valence-corrected chi connectivity index (χ3v) is 6.91. The van der Waals surface area contributed by atoms with E-state index in [-0.39, 0.29) is 0 Å². The summed E-state index contributed by atoms with van der Waals surface area (Å²) in [6.07, 6.45) is 4.16. The highest BCUT2D eigenvalue weighted by molar-refractivity contribution is 6.09. The summed E-state index contributed by atoms with van der Waals surface area (Å²) in [5.41, 5.74) is 9.22. The SMILES string of the molecule is CCCc1cc(-c2cccc(-c3nc4c(nc5ccccn54)c4ccccc34)c2)nc2ccccc12. The maximum Gasteiger partial charge on any atom is 0.165 e. The van der Waals surface area contributed by atoms with Gasteiger partial charge in [-0.3, -0.25) is 4.40 Å². The van der Waals surface area contributed by atoms with Crippen molar-refractivity contribution in [3.05, 3.63) is 109 Å². The molecule has 4 nitrogen and oxygen atoms in total. The third-order valence-electron chi connectivity index (χ3n) is 6.91. The van der Waals surface area contributed by atoms with Gasteiger partial charge in [0.25, 0.3) is 0 Å². The number of fused-ring (bicyclic) bond motifs is 6. The number of pyridine rings is 3. The summed E-state index contributed by atoms with van der Waals surface area (Å²) in [4.78, 5) is 15.1. The lowest BCUT2D eigenvalue weighted by molar-refractivity contribution is 0.928. The van der Waals surface area contributed by atoms with Crippen molar-refractivity contribution in [2.75, 3.05) is 0 Å². The van der Waals surface area contributed by atoms with Crippen LogP contribution >= 0.6 is 0 Å². The molecule has 0 N–H and O–H groups in total. The first kappa shape index (κ1) is 20.8. The summed E-state index contributed by atoms with van der Waals surface area (Å²) >= 11 is 0. The van der Waals surface area contributed by atoms with Crippen LogP contribution in [-0.2, 0) is 6.42 Å². The number of aryl methyl sites for hydroxylation is 1. The minimum absolute atomic E-state index is 0.874. The van der Waals surface area contributed by atoms with Crippen LogP contribution < -0.4 is 0 Å². The van der Waals surface area contributed by atoms with E-state index >= 15 is 0 Å². The van der Waals surface area contributed by atoms with E-state index in [0.29, 0.717) is 0 Å². The highest BCUT2D eigenvalue weighted by Gasteiger charge is 2.16. The number of imidazole rings is 1. The van der Waals surface area contributed by atoms with Crippen molar-refractivity contribution in [1.29, 1.82) is 0 Å². The molecule has 0 unspecified atom stereocenters. The van der Waals surface area contributed by atoms with Crippen LogP contribution in [-0.4, -0.2) is 19.4 Å². The second kappa shape index (κ2) is 8.28. The third kappa shape index (κ3) is 3.26. The lowest BCUT2D eigenvalue weighted by Gasteiger charge is -2.11. The van der Waals surface area contributed by atoms with Gasteiger partial charge in [-0.1, -0.05) is 80.1 Å². The van der Waals surface area contributed by atoms with Crippen molar-refractivity contribution in [1.82, 2.24) is 19.4 Å². The van der Waals surface area contributed by atoms with Gasteiger partial charge < -0.3 is 0 Å². The van der Waals surface area contributed by atoms with Gasteiger partial charge in [0.05, 0.1) is 16.9 Å². The van der Waals surface area contributed by atoms with Gasteiger partial charge in [0.1, 0.15) is 11.2 Å². The standard InChI is InChI=1S/C32H24N4/c1-2-10-21-20-28(33-27-16-6-5-13-24(21)27)22-11-9-12-23(19-22)30-25-14-3-4-15-26(25)31-32(35-30)36-18-8-7-17-29(36)34-31/h3-9,11-20H,2,10H2,1H3. The summed E-state index contributed by atoms with van der Waals surface area (Å²) in [5, 5.41) is 3.45. The molecule has 0 aliphatic rings. The van der Waals surface area contributed by atoms with Gasteiger partial charge in [-0.05, 0) is 42.3 Å². The Bertz CT molecular complexity index is 1920. The van der Waals surface area contributed by atoms with Crippen molar-refractivity contribution in [2.45, 2.75) is 19.8 Å². The molecular formula is C32H24N4. The maximum absolute atomic E-state index is 5.17. The summed E-state index contributed by atoms with van der Waals surface area (Å²) in [6.45, 7) is 2.22. The minimum Gasteiger partial charge on any atom is -0.284 e. The van der Waals surface area contributed by atoms with E-state index in [1.165, 1.54) is 10.9 Å². The number of hydrogen-bond donors (Lipinski definition) is 0. The quantitative estimate of drug-likeness (QED) is 0.266. The van der Waals surface area contributed by atoms with Crippen molar-refractivity contribution in [2.24, 2.45) is 0 Å². The Kier molecular flexibility index (Phi) is 4.78. The molecule has 0 fully saturated rings. The lowest BCUT2D eigenvalue weighted by atomic mass is 9.98. The number of nitrogens with zero attached hydrogens (tertiary/aromatic N) is 4. The second-order valence-corrected chi connectivity index (χ2v) is 9.23. The highest BCUT2D eigenvalue weighted by atomic mass is 15.1. The molecule has 36 heavy (non-hydrogen) atoms. The molecule has 3 aromatic carbocycles. The Morgan fingerprint density at radius 2 is 1.44 bits per heavy atom. The Labute approximate surface area is 208 Å². The molecule has 0 aliphatic heterocycles. The first-order valence-electron chi connectivity index (χ1n) is 12.4. The molecule has 0 amide bonds. The second-order valence-electron chi connectivity index (χ2n) is 9.23. The van der Waals surface area contributed by atoms with E-state index in [0.717, 1.165) is 68.5 Å². The topological polar surface area (TPSA) is 43.1 Å². The first-order chi connectivity index (χ1) is 17.8. The molecule has 0 spiro atoms. The van der Waals surface area contributed by atoms with Gasteiger partial charge in [-0.15, -0.1) is 0 Å². The monoisotopic (exact) mass is 464 g/mol. The zero-order chi connectivity index (χ0) is 24.1. The molecule has 7 aromatic rings. The molecule has 0 radical (unpaired) electrons. The number of hydrogen-bond acceptors (Lipinski definition) is 3. The molecule has 0 bridgehead atoms. The van der Waals surface area contributed by atoms with Crippen LogP contribution in [0.5, 0.6) is 0 Å². The molecule has 7 rings (SSSR count). The van der Waals surface area contributed by atoms with Crippen molar-refractivity contribution < 1.29 is 0 Å². The molecule has 0 atom stereocenters. The van der Waals surface area contributed by atoms with Crippen LogP contribution in [0.2, 0.25) is 0 Å². The predicted octanol–water partition coefficient (Wildman–Crippen LogP) is 7.87. The molecule has 0 saturated carbocycles. The predicted molar refractivity (Wildman–Crippen MR) is 148 cm³/mol. The fraction of sp³-hybridized carbons (Fsp3) is 0.0938. The van der Waals surface area contributed by atoms with Crippen LogP contribution in [0.25, 0.3) is 61.0 Å². The van der Waals surface area contributed by atoms with Gasteiger partial charge in [-0.2, -0.15) is 0 Å². The number of rotatable bonds is 4. The number of aromatic nitrogens is 4. The van der Waals surface area contributed by atoms with Crippen molar-refractivity contribution in [3.63, 3.8) is 0 Å². The first-order valence-corrected chi connectivity index (χ1v) is 12.4. The fourth-order valence-corrected chi connectivity index (χ4v) is 5.25. The van der Waals surface area contributed by atoms with E-state index in [1.807, 2.05) is 24.4 Å². The molecule has 4 heterocycles. The molecule has 172 valence electrons. The summed E-state index contributed by atoms with van der Waals surface area (Å²) in [7, 11) is 0. The van der Waals surface area contributed by atoms with Crippen molar-refractivity contribution in [3.8, 4) is 22.5 Å². The Morgan fingerprint density at radius 1 is 0.667 bits per heavy atom. The van der Waals surface area contributed by atoms with Gasteiger partial charge in [0, 0.05) is 33.5 Å². The summed E-state index contributed by atoms with van der Waals surface area (Å²) in [5.74, 6) is 0. The van der Waals surface area contributed by atoms with E-state index in [9.17, 15) is 0 Å². The minimum atomic E-state index is 0.874. The molecular weight excluding hydrogens is 440 g/mol. The molecule has 0 saturated heterocycles. The van der Waals surface area contributed by atoms with E-state index in [4.69, 9.17) is 15.0 Å². The van der Waals surface area contributed by atoms with Gasteiger partial charge >= 0.3 is 0 Å². The molecule has 4 heteroatoms. The zero-order valence-electron chi connectivity index (χ0n) is 20.0. The van der Waals surface area contributed by atoms with Crippen LogP contribution in [0.4, 0.5) is 0 Å². The normalized spacial score (nSPS) is 11.7. The van der Waals surface area contributed by atoms with E-state index < -0.39 is 0 Å². The maximum atomic E-state index is 5.17. The highest BCUT2D eigenvalue weighted by Crippen LogP contribution is 2.34. The van der Waals surface area contributed by atoms with Crippen LogP contribution in [0, 0.1) is 0 Å². The zero-order valence-corrected chi connectivity index (χ0v) is 20.0. The Morgan fingerprint density at radius 3 is 2.33 bits per heavy atom. The average Bonchev–Trinajstić information content (AvgIpc) is 3.32. The van der Waals surface area contributed by atoms with Gasteiger partial charge in [0.2, 0.25) is 0 Å². The Hall–Kier alpha value is -4.57. The number of para-hydroxylation sites is 1. The molecule has 0 aliphatic carbocycles. The largest absolute Gasteiger partial charge is 0.284 e. The molecule has 4 aromatic heterocycles. The summed E-state index contributed by atoms with van der Waals surface area (Å²) in [6, 6.07) is 33.8. The van der Waals surface area contributed by atoms with E-state index in [1.54, 1.807) is 0 Å². The Balaban J connectivity index is 1.46.